The first-order valence-corrected chi connectivity index (χ1v) is 8.82. The molecule has 27 heavy (non-hydrogen) atoms. The van der Waals surface area contributed by atoms with Crippen LogP contribution in [0.3, 0.4) is 0 Å². The Balaban J connectivity index is 1.58. The minimum atomic E-state index is -0.551. The molecule has 0 saturated carbocycles. The molecule has 2 aromatic carbocycles. The quantitative estimate of drug-likeness (QED) is 0.564. The van der Waals surface area contributed by atoms with Crippen molar-refractivity contribution in [2.45, 2.75) is 13.5 Å². The third-order valence-corrected chi connectivity index (χ3v) is 5.14. The fraction of sp³-hybridized carbons (Fsp3) is 0.111. The van der Waals surface area contributed by atoms with Crippen molar-refractivity contribution in [3.63, 3.8) is 0 Å². The van der Waals surface area contributed by atoms with E-state index in [1.165, 1.54) is 12.1 Å². The third kappa shape index (κ3) is 3.08. The Kier molecular flexibility index (Phi) is 4.21. The van der Waals surface area contributed by atoms with Gasteiger partial charge in [0.05, 0.1) is 16.6 Å². The summed E-state index contributed by atoms with van der Waals surface area (Å²) in [4.78, 5) is 25.0. The average Bonchev–Trinajstić information content (AvgIpc) is 3.25. The van der Waals surface area contributed by atoms with E-state index in [9.17, 15) is 14.7 Å². The number of hydrogen-bond acceptors (Lipinski definition) is 7. The van der Waals surface area contributed by atoms with Gasteiger partial charge in [-0.05, 0) is 47.4 Å². The number of aryl methyl sites for hydroxylation is 1. The SMILES string of the molecule is Cc1cccc2sn(C(=O)NCc3nonc3-c3cccc(O)c3)c(=O)c12. The summed E-state index contributed by atoms with van der Waals surface area (Å²) in [5.74, 6) is 0.0812. The monoisotopic (exact) mass is 382 g/mol. The van der Waals surface area contributed by atoms with Crippen molar-refractivity contribution in [3.05, 3.63) is 64.1 Å². The lowest BCUT2D eigenvalue weighted by atomic mass is 10.1. The van der Waals surface area contributed by atoms with E-state index >= 15 is 0 Å². The summed E-state index contributed by atoms with van der Waals surface area (Å²) in [6.07, 6.45) is 0. The highest BCUT2D eigenvalue weighted by molar-refractivity contribution is 7.14. The van der Waals surface area contributed by atoms with Crippen LogP contribution in [0.25, 0.3) is 21.3 Å². The van der Waals surface area contributed by atoms with Crippen LogP contribution in [0.5, 0.6) is 5.75 Å². The predicted molar refractivity (Wildman–Crippen MR) is 99.9 cm³/mol. The van der Waals surface area contributed by atoms with Crippen molar-refractivity contribution in [2.24, 2.45) is 0 Å². The zero-order chi connectivity index (χ0) is 19.0. The largest absolute Gasteiger partial charge is 0.508 e. The van der Waals surface area contributed by atoms with Crippen molar-refractivity contribution < 1.29 is 14.5 Å². The molecule has 2 heterocycles. The number of benzene rings is 2. The molecule has 0 atom stereocenters. The summed E-state index contributed by atoms with van der Waals surface area (Å²) in [5, 5.41) is 20.4. The van der Waals surface area contributed by atoms with Crippen LogP contribution in [0.15, 0.2) is 51.9 Å². The number of aromatic hydroxyl groups is 1. The number of fused-ring (bicyclic) bond motifs is 1. The molecule has 0 saturated heterocycles. The zero-order valence-electron chi connectivity index (χ0n) is 14.2. The molecule has 0 bridgehead atoms. The van der Waals surface area contributed by atoms with Gasteiger partial charge in [0.15, 0.2) is 0 Å². The minimum Gasteiger partial charge on any atom is -0.508 e. The highest BCUT2D eigenvalue weighted by Gasteiger charge is 2.18. The summed E-state index contributed by atoms with van der Waals surface area (Å²) < 4.78 is 6.60. The lowest BCUT2D eigenvalue weighted by Crippen LogP contribution is -2.32. The standard InChI is InChI=1S/C18H14N4O4S/c1-10-4-2-7-14-15(10)17(24)22(27-14)18(25)19-9-13-16(21-26-20-13)11-5-3-6-12(23)8-11/h2-8,23H,9H2,1H3,(H,19,25). The van der Waals surface area contributed by atoms with Crippen molar-refractivity contribution in [3.8, 4) is 17.0 Å². The first-order chi connectivity index (χ1) is 13.0. The second-order valence-electron chi connectivity index (χ2n) is 5.91. The highest BCUT2D eigenvalue weighted by atomic mass is 32.1. The second kappa shape index (κ2) is 6.69. The summed E-state index contributed by atoms with van der Waals surface area (Å²) in [6.45, 7) is 1.86. The van der Waals surface area contributed by atoms with Crippen molar-refractivity contribution in [1.29, 1.82) is 0 Å². The number of amides is 1. The maximum atomic E-state index is 12.5. The Morgan fingerprint density at radius 3 is 2.85 bits per heavy atom. The van der Waals surface area contributed by atoms with Crippen LogP contribution >= 0.6 is 11.5 Å². The number of hydrogen-bond donors (Lipinski definition) is 2. The average molecular weight is 382 g/mol. The van der Waals surface area contributed by atoms with Crippen molar-refractivity contribution in [2.75, 3.05) is 0 Å². The Labute approximate surface area is 156 Å². The van der Waals surface area contributed by atoms with Crippen LogP contribution < -0.4 is 10.9 Å². The highest BCUT2D eigenvalue weighted by Crippen LogP contribution is 2.24. The number of aromatic nitrogens is 3. The van der Waals surface area contributed by atoms with Crippen molar-refractivity contribution in [1.82, 2.24) is 19.6 Å². The molecule has 4 rings (SSSR count). The molecule has 9 heteroatoms. The Bertz CT molecular complexity index is 1210. The maximum absolute atomic E-state index is 12.5. The van der Waals surface area contributed by atoms with Gasteiger partial charge in [-0.15, -0.1) is 0 Å². The van der Waals surface area contributed by atoms with Gasteiger partial charge in [0.2, 0.25) is 0 Å². The molecule has 8 nitrogen and oxygen atoms in total. The first-order valence-electron chi connectivity index (χ1n) is 8.05. The summed E-state index contributed by atoms with van der Waals surface area (Å²) >= 11 is 1.09. The number of nitrogens with one attached hydrogen (secondary N) is 1. The third-order valence-electron chi connectivity index (χ3n) is 4.09. The van der Waals surface area contributed by atoms with Gasteiger partial charge >= 0.3 is 6.03 Å². The first kappa shape index (κ1) is 17.0. The molecule has 0 unspecified atom stereocenters. The van der Waals surface area contributed by atoms with Gasteiger partial charge < -0.3 is 10.4 Å². The normalized spacial score (nSPS) is 11.0. The van der Waals surface area contributed by atoms with Gasteiger partial charge in [-0.2, -0.15) is 3.96 Å². The molecule has 4 aromatic rings. The van der Waals surface area contributed by atoms with Crippen LogP contribution in [-0.2, 0) is 6.54 Å². The van der Waals surface area contributed by atoms with Crippen LogP contribution in [0.2, 0.25) is 0 Å². The number of phenolic OH excluding ortho intramolecular Hbond substituents is 1. The van der Waals surface area contributed by atoms with E-state index < -0.39 is 6.03 Å². The Hall–Kier alpha value is -3.46. The van der Waals surface area contributed by atoms with E-state index in [0.717, 1.165) is 25.8 Å². The summed E-state index contributed by atoms with van der Waals surface area (Å²) in [6, 6.07) is 11.4. The summed E-state index contributed by atoms with van der Waals surface area (Å²) in [5.41, 5.74) is 1.88. The van der Waals surface area contributed by atoms with Gasteiger partial charge in [-0.1, -0.05) is 29.4 Å². The number of phenols is 1. The van der Waals surface area contributed by atoms with E-state index in [-0.39, 0.29) is 17.9 Å². The van der Waals surface area contributed by atoms with E-state index in [1.807, 2.05) is 19.1 Å². The molecule has 0 aliphatic carbocycles. The van der Waals surface area contributed by atoms with Gasteiger partial charge in [0, 0.05) is 5.56 Å². The molecule has 2 aromatic heterocycles. The maximum Gasteiger partial charge on any atom is 0.338 e. The van der Waals surface area contributed by atoms with Gasteiger partial charge in [0.1, 0.15) is 17.1 Å². The molecule has 0 radical (unpaired) electrons. The van der Waals surface area contributed by atoms with Crippen LogP contribution in [0.4, 0.5) is 4.79 Å². The van der Waals surface area contributed by atoms with Gasteiger partial charge in [-0.3, -0.25) is 4.79 Å². The Morgan fingerprint density at radius 2 is 2.07 bits per heavy atom. The predicted octanol–water partition coefficient (Wildman–Crippen LogP) is 2.88. The minimum absolute atomic E-state index is 0.0208. The molecule has 1 amide bonds. The summed E-state index contributed by atoms with van der Waals surface area (Å²) in [7, 11) is 0. The van der Waals surface area contributed by atoms with Crippen LogP contribution in [0.1, 0.15) is 11.3 Å². The molecular formula is C18H14N4O4S. The number of carbonyl (C=O) groups excluding carboxylic acids is 1. The van der Waals surface area contributed by atoms with E-state index in [1.54, 1.807) is 18.2 Å². The lowest BCUT2D eigenvalue weighted by Gasteiger charge is -2.03. The van der Waals surface area contributed by atoms with Crippen molar-refractivity contribution >= 4 is 27.6 Å². The molecule has 0 aliphatic rings. The number of carbonyl (C=O) groups is 1. The molecule has 2 N–H and O–H groups in total. The smallest absolute Gasteiger partial charge is 0.338 e. The Morgan fingerprint density at radius 1 is 1.26 bits per heavy atom. The molecule has 0 aliphatic heterocycles. The molecule has 0 spiro atoms. The van der Waals surface area contributed by atoms with Crippen LogP contribution in [0, 0.1) is 6.92 Å². The number of rotatable bonds is 3. The number of nitrogens with zero attached hydrogens (tertiary/aromatic N) is 3. The van der Waals surface area contributed by atoms with E-state index in [0.29, 0.717) is 22.3 Å². The lowest BCUT2D eigenvalue weighted by molar-refractivity contribution is 0.243. The van der Waals surface area contributed by atoms with Gasteiger partial charge in [-0.25, -0.2) is 9.42 Å². The fourth-order valence-electron chi connectivity index (χ4n) is 2.79. The fourth-order valence-corrected chi connectivity index (χ4v) is 3.79. The topological polar surface area (TPSA) is 110 Å². The molecule has 0 fully saturated rings. The van der Waals surface area contributed by atoms with Gasteiger partial charge in [0.25, 0.3) is 5.56 Å². The van der Waals surface area contributed by atoms with E-state index in [2.05, 4.69) is 15.6 Å². The second-order valence-corrected chi connectivity index (χ2v) is 6.89. The van der Waals surface area contributed by atoms with E-state index in [4.69, 9.17) is 4.63 Å². The molecule has 136 valence electrons. The zero-order valence-corrected chi connectivity index (χ0v) is 15.0. The molecular weight excluding hydrogens is 368 g/mol. The van der Waals surface area contributed by atoms with Crippen LogP contribution in [-0.4, -0.2) is 25.4 Å².